The number of methoxy groups -OCH3 is 1. The Labute approximate surface area is 184 Å². The number of nitrogens with zero attached hydrogens (tertiary/aromatic N) is 2. The van der Waals surface area contributed by atoms with Crippen molar-refractivity contribution in [2.45, 2.75) is 46.0 Å². The molecule has 0 bridgehead atoms. The SMILES string of the molecule is COc1cc(C(=O)N2CCC(C(=O)N3CCCCC3)CC2)cc(Cl)c1OCC(C)C. The molecule has 3 rings (SSSR count). The molecule has 30 heavy (non-hydrogen) atoms. The van der Waals surface area contributed by atoms with Crippen LogP contribution in [-0.2, 0) is 4.79 Å². The third-order valence-electron chi connectivity index (χ3n) is 5.84. The fourth-order valence-electron chi connectivity index (χ4n) is 4.12. The minimum Gasteiger partial charge on any atom is -0.493 e. The predicted octanol–water partition coefficient (Wildman–Crippen LogP) is 4.25. The van der Waals surface area contributed by atoms with E-state index in [1.165, 1.54) is 6.42 Å². The van der Waals surface area contributed by atoms with Crippen LogP contribution in [0.3, 0.4) is 0 Å². The molecule has 1 aromatic rings. The van der Waals surface area contributed by atoms with Gasteiger partial charge in [-0.2, -0.15) is 0 Å². The van der Waals surface area contributed by atoms with E-state index in [2.05, 4.69) is 13.8 Å². The molecule has 7 heteroatoms. The minimum absolute atomic E-state index is 0.0251. The number of benzene rings is 1. The Kier molecular flexibility index (Phi) is 7.87. The minimum atomic E-state index is -0.0884. The summed E-state index contributed by atoms with van der Waals surface area (Å²) < 4.78 is 11.2. The zero-order valence-corrected chi connectivity index (χ0v) is 19.0. The van der Waals surface area contributed by atoms with Crippen LogP contribution >= 0.6 is 11.6 Å². The zero-order chi connectivity index (χ0) is 21.7. The van der Waals surface area contributed by atoms with Gasteiger partial charge in [0, 0.05) is 37.7 Å². The van der Waals surface area contributed by atoms with Gasteiger partial charge in [0.05, 0.1) is 18.7 Å². The van der Waals surface area contributed by atoms with Gasteiger partial charge in [-0.25, -0.2) is 0 Å². The van der Waals surface area contributed by atoms with Crippen LogP contribution in [0, 0.1) is 11.8 Å². The summed E-state index contributed by atoms with van der Waals surface area (Å²) in [6, 6.07) is 3.34. The molecule has 1 aromatic carbocycles. The van der Waals surface area contributed by atoms with Crippen LogP contribution in [0.1, 0.15) is 56.3 Å². The summed E-state index contributed by atoms with van der Waals surface area (Å²) >= 11 is 6.40. The number of halogens is 1. The molecule has 0 atom stereocenters. The van der Waals surface area contributed by atoms with Gasteiger partial charge in [-0.05, 0) is 50.2 Å². The summed E-state index contributed by atoms with van der Waals surface area (Å²) in [6.07, 6.45) is 4.83. The lowest BCUT2D eigenvalue weighted by Crippen LogP contribution is -2.45. The quantitative estimate of drug-likeness (QED) is 0.668. The van der Waals surface area contributed by atoms with Gasteiger partial charge < -0.3 is 19.3 Å². The maximum absolute atomic E-state index is 13.1. The first-order valence-electron chi connectivity index (χ1n) is 11.0. The fourth-order valence-corrected chi connectivity index (χ4v) is 4.38. The lowest BCUT2D eigenvalue weighted by atomic mass is 9.94. The number of hydrogen-bond acceptors (Lipinski definition) is 4. The molecule has 2 heterocycles. The Morgan fingerprint density at radius 1 is 1.07 bits per heavy atom. The number of rotatable bonds is 6. The molecule has 0 aromatic heterocycles. The van der Waals surface area contributed by atoms with E-state index in [1.807, 2.05) is 4.90 Å². The molecule has 0 saturated carbocycles. The van der Waals surface area contributed by atoms with E-state index < -0.39 is 0 Å². The Morgan fingerprint density at radius 2 is 1.73 bits per heavy atom. The van der Waals surface area contributed by atoms with Crippen molar-refractivity contribution in [2.75, 3.05) is 39.9 Å². The maximum Gasteiger partial charge on any atom is 0.254 e. The van der Waals surface area contributed by atoms with Gasteiger partial charge in [-0.1, -0.05) is 25.4 Å². The van der Waals surface area contributed by atoms with Crippen LogP contribution in [0.5, 0.6) is 11.5 Å². The first kappa shape index (κ1) is 22.7. The number of ether oxygens (including phenoxy) is 2. The first-order chi connectivity index (χ1) is 14.4. The number of piperidine rings is 2. The summed E-state index contributed by atoms with van der Waals surface area (Å²) in [6.45, 7) is 7.53. The fraction of sp³-hybridized carbons (Fsp3) is 0.652. The van der Waals surface area contributed by atoms with Crippen LogP contribution in [0.25, 0.3) is 0 Å². The van der Waals surface area contributed by atoms with E-state index >= 15 is 0 Å². The molecule has 0 aliphatic carbocycles. The van der Waals surface area contributed by atoms with E-state index in [1.54, 1.807) is 24.1 Å². The van der Waals surface area contributed by atoms with Crippen LogP contribution in [0.2, 0.25) is 5.02 Å². The lowest BCUT2D eigenvalue weighted by molar-refractivity contribution is -0.137. The van der Waals surface area contributed by atoms with Crippen molar-refractivity contribution in [2.24, 2.45) is 11.8 Å². The highest BCUT2D eigenvalue weighted by molar-refractivity contribution is 6.32. The van der Waals surface area contributed by atoms with E-state index in [0.717, 1.165) is 25.9 Å². The highest BCUT2D eigenvalue weighted by atomic mass is 35.5. The van der Waals surface area contributed by atoms with Gasteiger partial charge in [0.15, 0.2) is 11.5 Å². The monoisotopic (exact) mass is 436 g/mol. The largest absolute Gasteiger partial charge is 0.493 e. The van der Waals surface area contributed by atoms with Gasteiger partial charge >= 0.3 is 0 Å². The van der Waals surface area contributed by atoms with E-state index in [-0.39, 0.29) is 17.7 Å². The number of amides is 2. The third kappa shape index (κ3) is 5.39. The second-order valence-corrected chi connectivity index (χ2v) is 9.05. The normalized spacial score (nSPS) is 17.9. The van der Waals surface area contributed by atoms with Gasteiger partial charge in [0.2, 0.25) is 5.91 Å². The summed E-state index contributed by atoms with van der Waals surface area (Å²) in [5.74, 6) is 1.47. The average Bonchev–Trinajstić information content (AvgIpc) is 2.77. The topological polar surface area (TPSA) is 59.1 Å². The molecule has 2 aliphatic rings. The van der Waals surface area contributed by atoms with Crippen molar-refractivity contribution in [1.29, 1.82) is 0 Å². The number of likely N-dealkylation sites (tertiary alicyclic amines) is 2. The Balaban J connectivity index is 1.63. The zero-order valence-electron chi connectivity index (χ0n) is 18.3. The van der Waals surface area contributed by atoms with E-state index in [4.69, 9.17) is 21.1 Å². The Hall–Kier alpha value is -1.95. The predicted molar refractivity (Wildman–Crippen MR) is 117 cm³/mol. The molecule has 0 unspecified atom stereocenters. The second kappa shape index (κ2) is 10.4. The van der Waals surface area contributed by atoms with E-state index in [0.29, 0.717) is 60.5 Å². The highest BCUT2D eigenvalue weighted by Crippen LogP contribution is 2.37. The number of carbonyl (C=O) groups is 2. The number of carbonyl (C=O) groups excluding carboxylic acids is 2. The third-order valence-corrected chi connectivity index (χ3v) is 6.12. The standard InChI is InChI=1S/C23H33ClN2O4/c1-16(2)15-30-21-19(24)13-18(14-20(21)29-3)23(28)26-11-7-17(8-12-26)22(27)25-9-5-4-6-10-25/h13-14,16-17H,4-12,15H2,1-3H3. The molecule has 166 valence electrons. The summed E-state index contributed by atoms with van der Waals surface area (Å²) in [5, 5.41) is 0.369. The van der Waals surface area contributed by atoms with Gasteiger partial charge in [0.25, 0.3) is 5.91 Å². The smallest absolute Gasteiger partial charge is 0.254 e. The summed E-state index contributed by atoms with van der Waals surface area (Å²) in [5.41, 5.74) is 0.481. The average molecular weight is 437 g/mol. The van der Waals surface area contributed by atoms with Crippen molar-refractivity contribution < 1.29 is 19.1 Å². The molecule has 2 aliphatic heterocycles. The summed E-state index contributed by atoms with van der Waals surface area (Å²) in [4.78, 5) is 29.6. The van der Waals surface area contributed by atoms with Crippen LogP contribution < -0.4 is 9.47 Å². The van der Waals surface area contributed by atoms with Gasteiger partial charge in [-0.15, -0.1) is 0 Å². The summed E-state index contributed by atoms with van der Waals surface area (Å²) in [7, 11) is 1.54. The van der Waals surface area contributed by atoms with Crippen molar-refractivity contribution in [3.8, 4) is 11.5 Å². The maximum atomic E-state index is 13.1. The molecule has 0 spiro atoms. The Morgan fingerprint density at radius 3 is 2.33 bits per heavy atom. The highest BCUT2D eigenvalue weighted by Gasteiger charge is 2.31. The van der Waals surface area contributed by atoms with E-state index in [9.17, 15) is 9.59 Å². The molecule has 6 nitrogen and oxygen atoms in total. The van der Waals surface area contributed by atoms with Crippen molar-refractivity contribution in [1.82, 2.24) is 9.80 Å². The second-order valence-electron chi connectivity index (χ2n) is 8.65. The molecule has 2 saturated heterocycles. The van der Waals surface area contributed by atoms with Crippen molar-refractivity contribution in [3.63, 3.8) is 0 Å². The first-order valence-corrected chi connectivity index (χ1v) is 11.4. The molecule has 2 fully saturated rings. The molecule has 0 N–H and O–H groups in total. The molecule has 2 amide bonds. The van der Waals surface area contributed by atoms with Gasteiger partial charge in [-0.3, -0.25) is 9.59 Å². The van der Waals surface area contributed by atoms with Crippen LogP contribution in [0.15, 0.2) is 12.1 Å². The molecular formula is C23H33ClN2O4. The van der Waals surface area contributed by atoms with Crippen LogP contribution in [0.4, 0.5) is 0 Å². The van der Waals surface area contributed by atoms with Crippen molar-refractivity contribution >= 4 is 23.4 Å². The lowest BCUT2D eigenvalue weighted by Gasteiger charge is -2.35. The molecule has 0 radical (unpaired) electrons. The molecular weight excluding hydrogens is 404 g/mol. The van der Waals surface area contributed by atoms with Crippen molar-refractivity contribution in [3.05, 3.63) is 22.7 Å². The number of hydrogen-bond donors (Lipinski definition) is 0. The van der Waals surface area contributed by atoms with Crippen LogP contribution in [-0.4, -0.2) is 61.5 Å². The van der Waals surface area contributed by atoms with Gasteiger partial charge in [0.1, 0.15) is 0 Å². The Bertz CT molecular complexity index is 754.